The topological polar surface area (TPSA) is 18.5 Å². The van der Waals surface area contributed by atoms with Crippen LogP contribution in [-0.4, -0.2) is 13.3 Å². The summed E-state index contributed by atoms with van der Waals surface area (Å²) in [6.07, 6.45) is 0. The fourth-order valence-corrected chi connectivity index (χ4v) is 1.82. The van der Waals surface area contributed by atoms with E-state index in [2.05, 4.69) is 0 Å². The van der Waals surface area contributed by atoms with Crippen LogP contribution in [0.5, 0.6) is 11.5 Å². The Hall–Kier alpha value is -1.94. The molecule has 118 valence electrons. The number of para-hydroxylation sites is 1. The van der Waals surface area contributed by atoms with Crippen LogP contribution in [0.1, 0.15) is 19.4 Å². The molecule has 0 atom stereocenters. The van der Waals surface area contributed by atoms with Crippen LogP contribution in [0.25, 0.3) is 0 Å². The maximum Gasteiger partial charge on any atom is 0.165 e. The largest absolute Gasteiger partial charge is 0.454 e. The Morgan fingerprint density at radius 3 is 2.45 bits per heavy atom. The molecule has 0 saturated heterocycles. The number of halogens is 2. The Kier molecular flexibility index (Phi) is 5.50. The molecule has 22 heavy (non-hydrogen) atoms. The van der Waals surface area contributed by atoms with Gasteiger partial charge in [-0.3, -0.25) is 4.39 Å². The lowest BCUT2D eigenvalue weighted by Crippen LogP contribution is -2.21. The van der Waals surface area contributed by atoms with E-state index in [1.165, 1.54) is 6.07 Å². The van der Waals surface area contributed by atoms with Gasteiger partial charge in [-0.25, -0.2) is 4.39 Å². The van der Waals surface area contributed by atoms with Gasteiger partial charge in [0.2, 0.25) is 0 Å². The highest BCUT2D eigenvalue weighted by Gasteiger charge is 2.17. The third kappa shape index (κ3) is 4.81. The molecule has 0 aliphatic heterocycles. The van der Waals surface area contributed by atoms with Gasteiger partial charge in [0.1, 0.15) is 5.75 Å². The van der Waals surface area contributed by atoms with Gasteiger partial charge in [0.15, 0.2) is 11.6 Å². The lowest BCUT2D eigenvalue weighted by atomic mass is 9.97. The summed E-state index contributed by atoms with van der Waals surface area (Å²) >= 11 is 0. The molecule has 0 amide bonds. The quantitative estimate of drug-likeness (QED) is 0.706. The van der Waals surface area contributed by atoms with Crippen molar-refractivity contribution in [2.75, 3.05) is 13.3 Å². The maximum atomic E-state index is 13.8. The molecule has 0 heterocycles. The van der Waals surface area contributed by atoms with E-state index in [4.69, 9.17) is 9.47 Å². The molecule has 0 saturated carbocycles. The summed E-state index contributed by atoms with van der Waals surface area (Å²) in [5.41, 5.74) is 0.269. The normalized spacial score (nSPS) is 11.5. The number of rotatable bonds is 7. The van der Waals surface area contributed by atoms with Crippen LogP contribution in [-0.2, 0) is 11.3 Å². The molecule has 0 bridgehead atoms. The van der Waals surface area contributed by atoms with E-state index in [0.717, 1.165) is 5.56 Å². The molecule has 0 aromatic heterocycles. The highest BCUT2D eigenvalue weighted by atomic mass is 19.1. The number of alkyl halides is 1. The fourth-order valence-electron chi connectivity index (χ4n) is 1.82. The van der Waals surface area contributed by atoms with E-state index in [1.54, 1.807) is 38.1 Å². The second kappa shape index (κ2) is 7.36. The van der Waals surface area contributed by atoms with Crippen molar-refractivity contribution in [2.45, 2.75) is 20.5 Å². The summed E-state index contributed by atoms with van der Waals surface area (Å²) in [5, 5.41) is 0. The van der Waals surface area contributed by atoms with Crippen LogP contribution in [0.4, 0.5) is 8.78 Å². The van der Waals surface area contributed by atoms with Gasteiger partial charge in [0.25, 0.3) is 0 Å². The predicted molar refractivity (Wildman–Crippen MR) is 82.3 cm³/mol. The highest BCUT2D eigenvalue weighted by molar-refractivity contribution is 5.34. The molecule has 0 unspecified atom stereocenters. The number of benzene rings is 2. The monoisotopic (exact) mass is 306 g/mol. The third-order valence-electron chi connectivity index (χ3n) is 3.09. The van der Waals surface area contributed by atoms with Crippen molar-refractivity contribution in [1.29, 1.82) is 0 Å². The van der Waals surface area contributed by atoms with Gasteiger partial charge in [-0.15, -0.1) is 0 Å². The Morgan fingerprint density at radius 1 is 1.05 bits per heavy atom. The second-order valence-corrected chi connectivity index (χ2v) is 5.97. The summed E-state index contributed by atoms with van der Waals surface area (Å²) < 4.78 is 37.5. The first-order valence-electron chi connectivity index (χ1n) is 7.15. The van der Waals surface area contributed by atoms with Crippen molar-refractivity contribution in [3.63, 3.8) is 0 Å². The van der Waals surface area contributed by atoms with Gasteiger partial charge in [0, 0.05) is 5.41 Å². The van der Waals surface area contributed by atoms with Crippen molar-refractivity contribution >= 4 is 0 Å². The predicted octanol–water partition coefficient (Wildman–Crippen LogP) is 5.13. The molecule has 4 heteroatoms. The molecule has 2 aromatic rings. The second-order valence-electron chi connectivity index (χ2n) is 5.97. The molecule has 0 N–H and O–H groups in total. The first-order chi connectivity index (χ1) is 10.5. The zero-order chi connectivity index (χ0) is 16.0. The van der Waals surface area contributed by atoms with Gasteiger partial charge >= 0.3 is 0 Å². The first kappa shape index (κ1) is 16.4. The van der Waals surface area contributed by atoms with E-state index >= 15 is 0 Å². The van der Waals surface area contributed by atoms with E-state index in [9.17, 15) is 8.78 Å². The van der Waals surface area contributed by atoms with Crippen LogP contribution in [0.3, 0.4) is 0 Å². The van der Waals surface area contributed by atoms with Gasteiger partial charge in [-0.05, 0) is 29.8 Å². The number of hydrogen-bond acceptors (Lipinski definition) is 2. The molecule has 0 aliphatic rings. The van der Waals surface area contributed by atoms with Gasteiger partial charge in [-0.1, -0.05) is 38.1 Å². The van der Waals surface area contributed by atoms with Crippen molar-refractivity contribution in [1.82, 2.24) is 0 Å². The number of hydrogen-bond donors (Lipinski definition) is 0. The first-order valence-corrected chi connectivity index (χ1v) is 7.15. The van der Waals surface area contributed by atoms with Crippen LogP contribution < -0.4 is 4.74 Å². The minimum Gasteiger partial charge on any atom is -0.454 e. The van der Waals surface area contributed by atoms with Crippen LogP contribution >= 0.6 is 0 Å². The van der Waals surface area contributed by atoms with Crippen LogP contribution in [0, 0.1) is 11.2 Å². The van der Waals surface area contributed by atoms with Crippen LogP contribution in [0.15, 0.2) is 48.5 Å². The van der Waals surface area contributed by atoms with E-state index in [-0.39, 0.29) is 12.4 Å². The van der Waals surface area contributed by atoms with Crippen molar-refractivity contribution in [3.05, 3.63) is 59.9 Å². The van der Waals surface area contributed by atoms with Gasteiger partial charge < -0.3 is 9.47 Å². The molecule has 0 fully saturated rings. The Morgan fingerprint density at radius 2 is 1.77 bits per heavy atom. The van der Waals surface area contributed by atoms with Gasteiger partial charge in [0.05, 0.1) is 19.9 Å². The maximum absolute atomic E-state index is 13.8. The average molecular weight is 306 g/mol. The molecule has 0 spiro atoms. The summed E-state index contributed by atoms with van der Waals surface area (Å²) in [6.45, 7) is 3.73. The zero-order valence-corrected chi connectivity index (χ0v) is 12.8. The fraction of sp³-hybridized carbons (Fsp3) is 0.333. The van der Waals surface area contributed by atoms with E-state index in [1.807, 2.05) is 18.2 Å². The molecule has 0 radical (unpaired) electrons. The molecule has 2 aromatic carbocycles. The summed E-state index contributed by atoms with van der Waals surface area (Å²) in [5.74, 6) is 0.284. The van der Waals surface area contributed by atoms with Gasteiger partial charge in [-0.2, -0.15) is 0 Å². The van der Waals surface area contributed by atoms with Crippen molar-refractivity contribution < 1.29 is 18.3 Å². The number of ether oxygens (including phenoxy) is 2. The smallest absolute Gasteiger partial charge is 0.165 e. The Bertz CT molecular complexity index is 597. The lowest BCUT2D eigenvalue weighted by Gasteiger charge is -2.20. The molecule has 0 aliphatic carbocycles. The minimum atomic E-state index is -0.511. The lowest BCUT2D eigenvalue weighted by molar-refractivity contribution is 0.0386. The van der Waals surface area contributed by atoms with E-state index in [0.29, 0.717) is 12.4 Å². The Balaban J connectivity index is 2.01. The summed E-state index contributed by atoms with van der Waals surface area (Å²) in [7, 11) is 0. The van der Waals surface area contributed by atoms with Crippen molar-refractivity contribution in [3.8, 4) is 11.5 Å². The van der Waals surface area contributed by atoms with E-state index < -0.39 is 17.9 Å². The molecule has 2 rings (SSSR count). The zero-order valence-electron chi connectivity index (χ0n) is 12.8. The highest BCUT2D eigenvalue weighted by Crippen LogP contribution is 2.26. The molecular weight excluding hydrogens is 286 g/mol. The average Bonchev–Trinajstić information content (AvgIpc) is 2.51. The van der Waals surface area contributed by atoms with Crippen molar-refractivity contribution in [2.24, 2.45) is 5.41 Å². The van der Waals surface area contributed by atoms with Crippen LogP contribution in [0.2, 0.25) is 0 Å². The minimum absolute atomic E-state index is 0.150. The SMILES string of the molecule is CC(C)(CF)COCc1ccc(F)c(Oc2ccccc2)c1. The molecule has 2 nitrogen and oxygen atoms in total. The summed E-state index contributed by atoms with van der Waals surface area (Å²) in [6, 6.07) is 13.6. The summed E-state index contributed by atoms with van der Waals surface area (Å²) in [4.78, 5) is 0. The Labute approximate surface area is 129 Å². The third-order valence-corrected chi connectivity index (χ3v) is 3.09. The standard InChI is InChI=1S/C18H20F2O2/c1-18(2,12-19)13-21-11-14-8-9-16(20)17(10-14)22-15-6-4-3-5-7-15/h3-10H,11-13H2,1-2H3. The molecular formula is C18H20F2O2.